The lowest BCUT2D eigenvalue weighted by atomic mass is 9.79. The predicted octanol–water partition coefficient (Wildman–Crippen LogP) is 3.27. The summed E-state index contributed by atoms with van der Waals surface area (Å²) in [4.78, 5) is 14.6. The van der Waals surface area contributed by atoms with Crippen LogP contribution in [-0.2, 0) is 4.79 Å². The first-order valence-corrected chi connectivity index (χ1v) is 8.47. The van der Waals surface area contributed by atoms with Crippen LogP contribution in [0.2, 0.25) is 0 Å². The normalized spacial score (nSPS) is 28.6. The molecule has 0 bridgehead atoms. The molecule has 2 aliphatic rings. The Labute approximate surface area is 145 Å². The van der Waals surface area contributed by atoms with E-state index in [1.165, 1.54) is 12.1 Å². The molecule has 0 aromatic heterocycles. The first-order valence-electron chi connectivity index (χ1n) is 8.47. The van der Waals surface area contributed by atoms with E-state index in [0.717, 1.165) is 6.42 Å². The Balaban J connectivity index is 1.70. The molecule has 3 unspecified atom stereocenters. The molecule has 25 heavy (non-hydrogen) atoms. The van der Waals surface area contributed by atoms with Gasteiger partial charge in [0.15, 0.2) is 0 Å². The van der Waals surface area contributed by atoms with Crippen molar-refractivity contribution in [1.82, 2.24) is 4.90 Å². The number of carbonyl (C=O) groups excluding carboxylic acids is 1. The number of hydrogen-bond donors (Lipinski definition) is 1. The smallest absolute Gasteiger partial charge is 0.405 e. The Bertz CT molecular complexity index is 660. The number of hydrogen-bond acceptors (Lipinski definition) is 3. The van der Waals surface area contributed by atoms with Crippen molar-refractivity contribution >= 4 is 5.91 Å². The fourth-order valence-electron chi connectivity index (χ4n) is 3.61. The van der Waals surface area contributed by atoms with Crippen molar-refractivity contribution in [2.24, 2.45) is 17.1 Å². The van der Waals surface area contributed by atoms with Gasteiger partial charge in [-0.2, -0.15) is 0 Å². The number of benzene rings is 1. The molecule has 4 nitrogen and oxygen atoms in total. The van der Waals surface area contributed by atoms with Gasteiger partial charge in [0.25, 0.3) is 0 Å². The third-order valence-electron chi connectivity index (χ3n) is 5.28. The van der Waals surface area contributed by atoms with Crippen LogP contribution in [0.4, 0.5) is 13.2 Å². The number of amides is 1. The number of ether oxygens (including phenoxy) is 1. The van der Waals surface area contributed by atoms with Crippen LogP contribution in [0.1, 0.15) is 38.2 Å². The maximum absolute atomic E-state index is 12.8. The standard InChI is InChI=1S/C18H23F3N2O2/c1-17(2)10-23(8-7-15(17)22)16(24)13-9-12(13)11-5-3-4-6-14(11)25-18(19,20)21/h3-6,12-13,15H,7-10,22H2,1-2H3. The zero-order valence-electron chi connectivity index (χ0n) is 14.3. The van der Waals surface area contributed by atoms with Crippen molar-refractivity contribution in [2.75, 3.05) is 13.1 Å². The van der Waals surface area contributed by atoms with E-state index in [-0.39, 0.29) is 34.9 Å². The van der Waals surface area contributed by atoms with E-state index in [1.54, 1.807) is 17.0 Å². The number of halogens is 3. The van der Waals surface area contributed by atoms with Gasteiger partial charge < -0.3 is 15.4 Å². The van der Waals surface area contributed by atoms with Crippen LogP contribution in [0, 0.1) is 11.3 Å². The quantitative estimate of drug-likeness (QED) is 0.904. The molecule has 0 spiro atoms. The highest BCUT2D eigenvalue weighted by atomic mass is 19.4. The summed E-state index contributed by atoms with van der Waals surface area (Å²) in [6, 6.07) is 6.12. The fraction of sp³-hybridized carbons (Fsp3) is 0.611. The minimum Gasteiger partial charge on any atom is -0.405 e. The zero-order valence-corrected chi connectivity index (χ0v) is 14.3. The molecule has 0 radical (unpaired) electrons. The molecule has 1 amide bonds. The molecule has 1 aromatic carbocycles. The lowest BCUT2D eigenvalue weighted by Crippen LogP contribution is -2.54. The minimum absolute atomic E-state index is 0.00628. The number of rotatable bonds is 3. The van der Waals surface area contributed by atoms with Crippen molar-refractivity contribution in [1.29, 1.82) is 0 Å². The lowest BCUT2D eigenvalue weighted by molar-refractivity contribution is -0.274. The second kappa shape index (κ2) is 6.20. The van der Waals surface area contributed by atoms with Crippen LogP contribution in [0.15, 0.2) is 24.3 Å². The third-order valence-corrected chi connectivity index (χ3v) is 5.28. The summed E-state index contributed by atoms with van der Waals surface area (Å²) in [6.07, 6.45) is -3.44. The van der Waals surface area contributed by atoms with Crippen molar-refractivity contribution in [3.63, 3.8) is 0 Å². The molecule has 138 valence electrons. The van der Waals surface area contributed by atoms with Gasteiger partial charge in [0.05, 0.1) is 0 Å². The number of nitrogens with two attached hydrogens (primary N) is 1. The van der Waals surface area contributed by atoms with Gasteiger partial charge in [-0.05, 0) is 35.8 Å². The molecule has 1 heterocycles. The largest absolute Gasteiger partial charge is 0.573 e. The van der Waals surface area contributed by atoms with E-state index < -0.39 is 6.36 Å². The number of piperidine rings is 1. The Morgan fingerprint density at radius 2 is 2.00 bits per heavy atom. The Morgan fingerprint density at radius 3 is 2.64 bits per heavy atom. The summed E-state index contributed by atoms with van der Waals surface area (Å²) in [5.41, 5.74) is 6.40. The van der Waals surface area contributed by atoms with Crippen molar-refractivity contribution in [3.8, 4) is 5.75 Å². The molecule has 1 saturated heterocycles. The second-order valence-electron chi connectivity index (χ2n) is 7.68. The van der Waals surface area contributed by atoms with Gasteiger partial charge in [0.1, 0.15) is 5.75 Å². The highest BCUT2D eigenvalue weighted by Crippen LogP contribution is 2.52. The monoisotopic (exact) mass is 356 g/mol. The second-order valence-corrected chi connectivity index (χ2v) is 7.68. The lowest BCUT2D eigenvalue weighted by Gasteiger charge is -2.42. The molecule has 7 heteroatoms. The molecule has 1 aromatic rings. The minimum atomic E-state index is -4.74. The number of likely N-dealkylation sites (tertiary alicyclic amines) is 1. The van der Waals surface area contributed by atoms with Crippen LogP contribution in [0.25, 0.3) is 0 Å². The predicted molar refractivity (Wildman–Crippen MR) is 86.9 cm³/mol. The highest BCUT2D eigenvalue weighted by molar-refractivity contribution is 5.83. The highest BCUT2D eigenvalue weighted by Gasteiger charge is 2.49. The zero-order chi connectivity index (χ0) is 18.4. The maximum Gasteiger partial charge on any atom is 0.573 e. The number of carbonyl (C=O) groups is 1. The Morgan fingerprint density at radius 1 is 1.32 bits per heavy atom. The van der Waals surface area contributed by atoms with Crippen LogP contribution >= 0.6 is 0 Å². The van der Waals surface area contributed by atoms with Gasteiger partial charge in [-0.15, -0.1) is 13.2 Å². The summed E-state index contributed by atoms with van der Waals surface area (Å²) in [6.45, 7) is 5.26. The van der Waals surface area contributed by atoms with Crippen LogP contribution in [0.3, 0.4) is 0 Å². The summed E-state index contributed by atoms with van der Waals surface area (Å²) in [5.74, 6) is -0.698. The molecule has 3 rings (SSSR count). The summed E-state index contributed by atoms with van der Waals surface area (Å²) < 4.78 is 41.8. The van der Waals surface area contributed by atoms with Crippen LogP contribution in [0.5, 0.6) is 5.75 Å². The van der Waals surface area contributed by atoms with Crippen molar-refractivity contribution in [2.45, 2.75) is 45.0 Å². The van der Waals surface area contributed by atoms with E-state index in [1.807, 2.05) is 13.8 Å². The van der Waals surface area contributed by atoms with Gasteiger partial charge in [0.2, 0.25) is 5.91 Å². The molecule has 2 N–H and O–H groups in total. The number of para-hydroxylation sites is 1. The molecular weight excluding hydrogens is 333 g/mol. The van der Waals surface area contributed by atoms with E-state index in [4.69, 9.17) is 5.73 Å². The SMILES string of the molecule is CC1(C)CN(C(=O)C2CC2c2ccccc2OC(F)(F)F)CCC1N. The van der Waals surface area contributed by atoms with Gasteiger partial charge in [-0.3, -0.25) is 4.79 Å². The van der Waals surface area contributed by atoms with E-state index >= 15 is 0 Å². The third kappa shape index (κ3) is 3.92. The summed E-state index contributed by atoms with van der Waals surface area (Å²) in [7, 11) is 0. The van der Waals surface area contributed by atoms with Gasteiger partial charge in [-0.1, -0.05) is 32.0 Å². The first-order chi connectivity index (χ1) is 11.6. The molecule has 1 aliphatic heterocycles. The molecule has 3 atom stereocenters. The van der Waals surface area contributed by atoms with Crippen molar-refractivity contribution < 1.29 is 22.7 Å². The van der Waals surface area contributed by atoms with Crippen molar-refractivity contribution in [3.05, 3.63) is 29.8 Å². The Hall–Kier alpha value is -1.76. The van der Waals surface area contributed by atoms with E-state index in [2.05, 4.69) is 4.74 Å². The first kappa shape index (κ1) is 18.0. The van der Waals surface area contributed by atoms with Gasteiger partial charge in [-0.25, -0.2) is 0 Å². The summed E-state index contributed by atoms with van der Waals surface area (Å²) in [5, 5.41) is 0. The van der Waals surface area contributed by atoms with Crippen LogP contribution < -0.4 is 10.5 Å². The van der Waals surface area contributed by atoms with E-state index in [9.17, 15) is 18.0 Å². The molecular formula is C18H23F3N2O2. The molecule has 2 fully saturated rings. The number of nitrogens with zero attached hydrogens (tertiary/aromatic N) is 1. The summed E-state index contributed by atoms with van der Waals surface area (Å²) >= 11 is 0. The average Bonchev–Trinajstić information content (AvgIpc) is 3.28. The van der Waals surface area contributed by atoms with Crippen LogP contribution in [-0.4, -0.2) is 36.3 Å². The fourth-order valence-corrected chi connectivity index (χ4v) is 3.61. The molecule has 1 aliphatic carbocycles. The molecule has 1 saturated carbocycles. The number of alkyl halides is 3. The maximum atomic E-state index is 12.8. The average molecular weight is 356 g/mol. The van der Waals surface area contributed by atoms with Gasteiger partial charge in [0, 0.05) is 25.0 Å². The Kier molecular flexibility index (Phi) is 4.47. The van der Waals surface area contributed by atoms with E-state index in [0.29, 0.717) is 25.1 Å². The van der Waals surface area contributed by atoms with Gasteiger partial charge >= 0.3 is 6.36 Å². The topological polar surface area (TPSA) is 55.6 Å².